The highest BCUT2D eigenvalue weighted by Gasteiger charge is 2.38. The first kappa shape index (κ1) is 23.0. The van der Waals surface area contributed by atoms with Gasteiger partial charge in [-0.25, -0.2) is 10.0 Å². The van der Waals surface area contributed by atoms with Crippen molar-refractivity contribution in [2.75, 3.05) is 5.32 Å². The van der Waals surface area contributed by atoms with Crippen LogP contribution in [0.25, 0.3) is 0 Å². The Hall–Kier alpha value is -2.00. The number of rotatable bonds is 9. The van der Waals surface area contributed by atoms with Gasteiger partial charge < -0.3 is 10.6 Å². The second-order valence-electron chi connectivity index (χ2n) is 7.77. The van der Waals surface area contributed by atoms with E-state index in [9.17, 15) is 19.6 Å². The fourth-order valence-electron chi connectivity index (χ4n) is 2.84. The molecule has 0 bridgehead atoms. The van der Waals surface area contributed by atoms with Gasteiger partial charge in [0.2, 0.25) is 18.2 Å². The van der Waals surface area contributed by atoms with E-state index in [0.717, 1.165) is 0 Å². The molecule has 3 N–H and O–H groups in total. The molecule has 9 heteroatoms. The van der Waals surface area contributed by atoms with Gasteiger partial charge in [-0.3, -0.25) is 19.6 Å². The predicted octanol–water partition coefficient (Wildman–Crippen LogP) is 2.51. The fourth-order valence-corrected chi connectivity index (χ4v) is 3.38. The number of thiazole rings is 1. The van der Waals surface area contributed by atoms with Crippen LogP contribution in [0.5, 0.6) is 0 Å². The molecule has 1 heterocycles. The highest BCUT2D eigenvalue weighted by molar-refractivity contribution is 7.13. The van der Waals surface area contributed by atoms with Crippen LogP contribution in [0.2, 0.25) is 0 Å². The summed E-state index contributed by atoms with van der Waals surface area (Å²) in [4.78, 5) is 40.7. The summed E-state index contributed by atoms with van der Waals surface area (Å²) in [7, 11) is 0. The molecule has 0 fully saturated rings. The topological polar surface area (TPSA) is 112 Å². The van der Waals surface area contributed by atoms with Crippen LogP contribution in [0.3, 0.4) is 0 Å². The van der Waals surface area contributed by atoms with Crippen LogP contribution in [0.4, 0.5) is 5.13 Å². The Bertz CT molecular complexity index is 630. The van der Waals surface area contributed by atoms with E-state index in [1.807, 2.05) is 34.6 Å². The molecule has 0 unspecified atom stereocenters. The summed E-state index contributed by atoms with van der Waals surface area (Å²) in [5.74, 6) is -1.51. The van der Waals surface area contributed by atoms with Crippen LogP contribution >= 0.6 is 11.3 Å². The van der Waals surface area contributed by atoms with Gasteiger partial charge >= 0.3 is 0 Å². The molecule has 27 heavy (non-hydrogen) atoms. The maximum absolute atomic E-state index is 13.0. The van der Waals surface area contributed by atoms with Gasteiger partial charge in [-0.15, -0.1) is 11.3 Å². The zero-order valence-corrected chi connectivity index (χ0v) is 17.5. The molecule has 0 aliphatic heterocycles. The second kappa shape index (κ2) is 9.80. The van der Waals surface area contributed by atoms with Gasteiger partial charge in [0.25, 0.3) is 0 Å². The molecule has 1 rings (SSSR count). The van der Waals surface area contributed by atoms with Crippen molar-refractivity contribution < 1.29 is 19.6 Å². The number of carbonyl (C=O) groups is 3. The molecule has 0 spiro atoms. The van der Waals surface area contributed by atoms with Crippen LogP contribution in [0, 0.1) is 17.3 Å². The lowest BCUT2D eigenvalue weighted by molar-refractivity contribution is -0.168. The van der Waals surface area contributed by atoms with Gasteiger partial charge in [-0.2, -0.15) is 0 Å². The van der Waals surface area contributed by atoms with Crippen molar-refractivity contribution in [3.05, 3.63) is 11.6 Å². The normalized spacial score (nSPS) is 16.0. The monoisotopic (exact) mass is 398 g/mol. The van der Waals surface area contributed by atoms with Crippen molar-refractivity contribution in [2.24, 2.45) is 17.3 Å². The molecular formula is C18H30N4O4S. The summed E-state index contributed by atoms with van der Waals surface area (Å²) in [6.45, 7) is 11.0. The largest absolute Gasteiger partial charge is 0.343 e. The number of hydrogen-bond donors (Lipinski definition) is 3. The Morgan fingerprint density at radius 2 is 1.96 bits per heavy atom. The molecule has 0 saturated heterocycles. The minimum atomic E-state index is -0.809. The number of anilines is 1. The van der Waals surface area contributed by atoms with Crippen LogP contribution in [0.15, 0.2) is 11.6 Å². The third kappa shape index (κ3) is 6.28. The third-order valence-corrected chi connectivity index (χ3v) is 5.37. The summed E-state index contributed by atoms with van der Waals surface area (Å²) in [6, 6.07) is -1.53. The van der Waals surface area contributed by atoms with Crippen molar-refractivity contribution in [1.29, 1.82) is 0 Å². The van der Waals surface area contributed by atoms with Crippen molar-refractivity contribution in [1.82, 2.24) is 15.4 Å². The third-order valence-electron chi connectivity index (χ3n) is 4.68. The predicted molar refractivity (Wildman–Crippen MR) is 104 cm³/mol. The molecule has 0 aliphatic rings. The average Bonchev–Trinajstić information content (AvgIpc) is 3.10. The number of nitrogens with one attached hydrogen (secondary N) is 2. The molecular weight excluding hydrogens is 368 g/mol. The number of amides is 3. The fraction of sp³-hybridized carbons (Fsp3) is 0.667. The second-order valence-corrected chi connectivity index (χ2v) is 8.67. The Balaban J connectivity index is 3.04. The zero-order valence-electron chi connectivity index (χ0n) is 16.7. The van der Waals surface area contributed by atoms with Crippen molar-refractivity contribution in [3.8, 4) is 0 Å². The van der Waals surface area contributed by atoms with E-state index in [-0.39, 0.29) is 24.1 Å². The SMILES string of the molecule is CC[C@@H](C)[C@@H](C(=O)N[C@H](C(=O)Nc1nccs1)C(C)(C)C)[C@H](C)N(O)C=O. The van der Waals surface area contributed by atoms with Gasteiger partial charge in [0, 0.05) is 11.6 Å². The molecule has 8 nitrogen and oxygen atoms in total. The Kier molecular flexibility index (Phi) is 8.36. The summed E-state index contributed by atoms with van der Waals surface area (Å²) in [5.41, 5.74) is -0.552. The van der Waals surface area contributed by atoms with Crippen molar-refractivity contribution in [3.63, 3.8) is 0 Å². The lowest BCUT2D eigenvalue weighted by Gasteiger charge is -2.35. The molecule has 152 valence electrons. The van der Waals surface area contributed by atoms with Gasteiger partial charge in [-0.1, -0.05) is 41.0 Å². The van der Waals surface area contributed by atoms with Crippen LogP contribution in [0.1, 0.15) is 48.0 Å². The maximum Gasteiger partial charge on any atom is 0.249 e. The van der Waals surface area contributed by atoms with E-state index < -0.39 is 23.4 Å². The molecule has 1 aromatic heterocycles. The minimum absolute atomic E-state index is 0.0998. The highest BCUT2D eigenvalue weighted by Crippen LogP contribution is 2.26. The van der Waals surface area contributed by atoms with E-state index in [0.29, 0.717) is 16.6 Å². The number of aromatic nitrogens is 1. The first-order valence-corrected chi connectivity index (χ1v) is 9.84. The van der Waals surface area contributed by atoms with Gasteiger partial charge in [0.15, 0.2) is 5.13 Å². The van der Waals surface area contributed by atoms with Gasteiger partial charge in [-0.05, 0) is 18.3 Å². The van der Waals surface area contributed by atoms with E-state index in [2.05, 4.69) is 15.6 Å². The molecule has 0 aromatic carbocycles. The van der Waals surface area contributed by atoms with Crippen LogP contribution < -0.4 is 10.6 Å². The molecule has 0 saturated carbocycles. The zero-order chi connectivity index (χ0) is 20.8. The lowest BCUT2D eigenvalue weighted by Crippen LogP contribution is -2.56. The quantitative estimate of drug-likeness (QED) is 0.336. The summed E-state index contributed by atoms with van der Waals surface area (Å²) in [5, 5.41) is 18.0. The smallest absolute Gasteiger partial charge is 0.249 e. The first-order valence-electron chi connectivity index (χ1n) is 8.96. The highest BCUT2D eigenvalue weighted by atomic mass is 32.1. The molecule has 0 radical (unpaired) electrons. The molecule has 0 aliphatic carbocycles. The van der Waals surface area contributed by atoms with Gasteiger partial charge in [0.05, 0.1) is 12.0 Å². The minimum Gasteiger partial charge on any atom is -0.343 e. The number of hydroxylamine groups is 2. The summed E-state index contributed by atoms with van der Waals surface area (Å²) in [6.07, 6.45) is 2.55. The van der Waals surface area contributed by atoms with E-state index in [4.69, 9.17) is 0 Å². The standard InChI is InChI=1S/C18H30N4O4S/c1-7-11(2)13(12(3)22(26)10-23)15(24)20-14(18(4,5)6)16(25)21-17-19-8-9-27-17/h8-14,26H,7H2,1-6H3,(H,20,24)(H,19,21,25)/t11-,12+,13-,14-/m1/s1. The molecule has 3 amide bonds. The van der Waals surface area contributed by atoms with E-state index in [1.54, 1.807) is 18.5 Å². The van der Waals surface area contributed by atoms with Gasteiger partial charge in [0.1, 0.15) is 6.04 Å². The van der Waals surface area contributed by atoms with E-state index >= 15 is 0 Å². The average molecular weight is 399 g/mol. The van der Waals surface area contributed by atoms with E-state index in [1.165, 1.54) is 11.3 Å². The summed E-state index contributed by atoms with van der Waals surface area (Å²) < 4.78 is 0. The van der Waals surface area contributed by atoms with Crippen molar-refractivity contribution in [2.45, 2.75) is 60.0 Å². The number of hydrogen-bond acceptors (Lipinski definition) is 6. The first-order chi connectivity index (χ1) is 12.5. The Morgan fingerprint density at radius 1 is 1.33 bits per heavy atom. The number of carbonyl (C=O) groups excluding carboxylic acids is 3. The Morgan fingerprint density at radius 3 is 2.41 bits per heavy atom. The number of nitrogens with zero attached hydrogens (tertiary/aromatic N) is 2. The lowest BCUT2D eigenvalue weighted by atomic mass is 9.82. The Labute approximate surface area is 164 Å². The van der Waals surface area contributed by atoms with Crippen LogP contribution in [-0.4, -0.2) is 45.6 Å². The summed E-state index contributed by atoms with van der Waals surface area (Å²) >= 11 is 1.29. The maximum atomic E-state index is 13.0. The molecule has 4 atom stereocenters. The van der Waals surface area contributed by atoms with Crippen molar-refractivity contribution >= 4 is 34.7 Å². The van der Waals surface area contributed by atoms with Crippen LogP contribution in [-0.2, 0) is 14.4 Å². The molecule has 1 aromatic rings.